The molecule has 0 amide bonds. The maximum absolute atomic E-state index is 6.11. The molecule has 3 rings (SSSR count). The summed E-state index contributed by atoms with van der Waals surface area (Å²) in [4.78, 5) is 4.05. The molecule has 18 heavy (non-hydrogen) atoms. The molecule has 1 N–H and O–H groups in total. The molecule has 1 fully saturated rings. The summed E-state index contributed by atoms with van der Waals surface area (Å²) in [6.45, 7) is 5.92. The van der Waals surface area contributed by atoms with Gasteiger partial charge in [-0.3, -0.25) is 0 Å². The number of halogens is 1. The Bertz CT molecular complexity index is 418. The Hall–Kier alpha value is -0.0900. The van der Waals surface area contributed by atoms with Crippen LogP contribution in [0.2, 0.25) is 4.34 Å². The summed E-state index contributed by atoms with van der Waals surface area (Å²) in [7, 11) is 0. The van der Waals surface area contributed by atoms with Gasteiger partial charge in [0.2, 0.25) is 0 Å². The number of thiophene rings is 1. The number of hydrogen-bond donors (Lipinski definition) is 1. The summed E-state index contributed by atoms with van der Waals surface area (Å²) in [6.07, 6.45) is 5.10. The highest BCUT2D eigenvalue weighted by atomic mass is 35.5. The van der Waals surface area contributed by atoms with E-state index in [0.29, 0.717) is 12.1 Å². The van der Waals surface area contributed by atoms with Gasteiger partial charge in [-0.05, 0) is 50.4 Å². The van der Waals surface area contributed by atoms with Crippen molar-refractivity contribution in [1.29, 1.82) is 0 Å². The first-order valence-corrected chi connectivity index (χ1v) is 8.22. The summed E-state index contributed by atoms with van der Waals surface area (Å²) in [5.41, 5.74) is 1.47. The highest BCUT2D eigenvalue weighted by molar-refractivity contribution is 7.16. The lowest BCUT2D eigenvalue weighted by Gasteiger charge is -2.34. The van der Waals surface area contributed by atoms with Crippen molar-refractivity contribution in [3.63, 3.8) is 0 Å². The molecule has 0 saturated carbocycles. The van der Waals surface area contributed by atoms with Crippen LogP contribution in [0.1, 0.15) is 42.7 Å². The Morgan fingerprint density at radius 3 is 3.22 bits per heavy atom. The zero-order chi connectivity index (χ0) is 12.5. The van der Waals surface area contributed by atoms with Crippen molar-refractivity contribution < 1.29 is 0 Å². The zero-order valence-corrected chi connectivity index (χ0v) is 12.5. The molecule has 1 aromatic heterocycles. The van der Waals surface area contributed by atoms with Crippen LogP contribution < -0.4 is 5.32 Å². The molecule has 2 atom stereocenters. The fraction of sp³-hybridized carbons (Fsp3) is 0.714. The van der Waals surface area contributed by atoms with Crippen molar-refractivity contribution in [2.24, 2.45) is 0 Å². The van der Waals surface area contributed by atoms with Gasteiger partial charge < -0.3 is 10.2 Å². The fourth-order valence-corrected chi connectivity index (χ4v) is 4.62. The summed E-state index contributed by atoms with van der Waals surface area (Å²) < 4.78 is 0.949. The van der Waals surface area contributed by atoms with E-state index in [9.17, 15) is 0 Å². The average Bonchev–Trinajstić information content (AvgIpc) is 2.90. The highest BCUT2D eigenvalue weighted by Gasteiger charge is 2.28. The number of nitrogens with zero attached hydrogens (tertiary/aromatic N) is 1. The molecule has 2 aliphatic rings. The molecule has 0 radical (unpaired) electrons. The van der Waals surface area contributed by atoms with Crippen LogP contribution in [0.3, 0.4) is 0 Å². The van der Waals surface area contributed by atoms with Gasteiger partial charge in [0.1, 0.15) is 0 Å². The van der Waals surface area contributed by atoms with Crippen LogP contribution in [-0.2, 0) is 6.42 Å². The molecule has 2 heterocycles. The molecule has 0 aromatic carbocycles. The summed E-state index contributed by atoms with van der Waals surface area (Å²) >= 11 is 7.88. The number of piperidine rings is 1. The Labute approximate surface area is 118 Å². The summed E-state index contributed by atoms with van der Waals surface area (Å²) in [6, 6.07) is 3.38. The molecule has 0 bridgehead atoms. The average molecular weight is 285 g/mol. The largest absolute Gasteiger partial charge is 0.306 e. The van der Waals surface area contributed by atoms with Gasteiger partial charge in [-0.2, -0.15) is 0 Å². The summed E-state index contributed by atoms with van der Waals surface area (Å²) in [5.74, 6) is 0. The van der Waals surface area contributed by atoms with E-state index < -0.39 is 0 Å². The first-order valence-electron chi connectivity index (χ1n) is 7.02. The monoisotopic (exact) mass is 284 g/mol. The number of likely N-dealkylation sites (N-methyl/N-ethyl adjacent to an activating group) is 1. The van der Waals surface area contributed by atoms with Crippen LogP contribution in [0, 0.1) is 0 Å². The molecule has 4 heteroatoms. The van der Waals surface area contributed by atoms with Gasteiger partial charge in [0.05, 0.1) is 4.34 Å². The Morgan fingerprint density at radius 2 is 2.39 bits per heavy atom. The SMILES string of the molecule is CCN1CCCC(NC2CCc3sc(Cl)cc32)C1. The van der Waals surface area contributed by atoms with Gasteiger partial charge >= 0.3 is 0 Å². The Morgan fingerprint density at radius 1 is 1.50 bits per heavy atom. The van der Waals surface area contributed by atoms with E-state index in [4.69, 9.17) is 11.6 Å². The van der Waals surface area contributed by atoms with Crippen LogP contribution in [0.25, 0.3) is 0 Å². The lowest BCUT2D eigenvalue weighted by Crippen LogP contribution is -2.46. The zero-order valence-electron chi connectivity index (χ0n) is 10.9. The van der Waals surface area contributed by atoms with Gasteiger partial charge in [0.15, 0.2) is 0 Å². The van der Waals surface area contributed by atoms with Gasteiger partial charge in [-0.25, -0.2) is 0 Å². The Kier molecular flexibility index (Phi) is 3.94. The van der Waals surface area contributed by atoms with Crippen LogP contribution in [0.15, 0.2) is 6.07 Å². The molecule has 1 aromatic rings. The van der Waals surface area contributed by atoms with E-state index in [-0.39, 0.29) is 0 Å². The van der Waals surface area contributed by atoms with Crippen molar-refractivity contribution in [3.8, 4) is 0 Å². The molecule has 100 valence electrons. The van der Waals surface area contributed by atoms with Crippen molar-refractivity contribution >= 4 is 22.9 Å². The van der Waals surface area contributed by atoms with E-state index >= 15 is 0 Å². The number of fused-ring (bicyclic) bond motifs is 1. The third kappa shape index (κ3) is 2.60. The minimum atomic E-state index is 0.547. The van der Waals surface area contributed by atoms with Crippen molar-refractivity contribution in [1.82, 2.24) is 10.2 Å². The van der Waals surface area contributed by atoms with E-state index in [1.165, 1.54) is 55.8 Å². The van der Waals surface area contributed by atoms with Gasteiger partial charge in [-0.1, -0.05) is 18.5 Å². The topological polar surface area (TPSA) is 15.3 Å². The Balaban J connectivity index is 1.63. The van der Waals surface area contributed by atoms with E-state index in [2.05, 4.69) is 23.2 Å². The van der Waals surface area contributed by atoms with Gasteiger partial charge in [0, 0.05) is 23.5 Å². The second-order valence-corrected chi connectivity index (χ2v) is 7.19. The third-order valence-electron chi connectivity index (χ3n) is 4.24. The van der Waals surface area contributed by atoms with Crippen LogP contribution in [0.4, 0.5) is 0 Å². The van der Waals surface area contributed by atoms with Crippen LogP contribution in [-0.4, -0.2) is 30.6 Å². The fourth-order valence-electron chi connectivity index (χ4n) is 3.27. The number of nitrogens with one attached hydrogen (secondary N) is 1. The maximum Gasteiger partial charge on any atom is 0.0934 e. The molecule has 1 aliphatic heterocycles. The van der Waals surface area contributed by atoms with Crippen LogP contribution in [0.5, 0.6) is 0 Å². The molecule has 0 spiro atoms. The third-order valence-corrected chi connectivity index (χ3v) is 5.58. The first-order chi connectivity index (χ1) is 8.76. The van der Waals surface area contributed by atoms with Crippen molar-refractivity contribution in [3.05, 3.63) is 20.8 Å². The van der Waals surface area contributed by atoms with Gasteiger partial charge in [-0.15, -0.1) is 11.3 Å². The maximum atomic E-state index is 6.11. The second-order valence-electron chi connectivity index (χ2n) is 5.42. The van der Waals surface area contributed by atoms with E-state index in [0.717, 1.165) is 4.34 Å². The molecular formula is C14H21ClN2S. The number of rotatable bonds is 3. The lowest BCUT2D eigenvalue weighted by atomic mass is 10.0. The second kappa shape index (κ2) is 5.49. The smallest absolute Gasteiger partial charge is 0.0934 e. The van der Waals surface area contributed by atoms with E-state index in [1.54, 1.807) is 11.3 Å². The highest BCUT2D eigenvalue weighted by Crippen LogP contribution is 2.39. The molecule has 1 aliphatic carbocycles. The van der Waals surface area contributed by atoms with Gasteiger partial charge in [0.25, 0.3) is 0 Å². The molecule has 2 nitrogen and oxygen atoms in total. The lowest BCUT2D eigenvalue weighted by molar-refractivity contribution is 0.190. The molecule has 2 unspecified atom stereocenters. The van der Waals surface area contributed by atoms with Crippen LogP contribution >= 0.6 is 22.9 Å². The predicted molar refractivity (Wildman–Crippen MR) is 78.7 cm³/mol. The minimum Gasteiger partial charge on any atom is -0.306 e. The van der Waals surface area contributed by atoms with Crippen molar-refractivity contribution in [2.75, 3.05) is 19.6 Å². The summed E-state index contributed by atoms with van der Waals surface area (Å²) in [5, 5.41) is 3.86. The quantitative estimate of drug-likeness (QED) is 0.914. The number of likely N-dealkylation sites (tertiary alicyclic amines) is 1. The van der Waals surface area contributed by atoms with Crippen molar-refractivity contribution in [2.45, 2.75) is 44.7 Å². The number of aryl methyl sites for hydroxylation is 1. The molecule has 1 saturated heterocycles. The molecular weight excluding hydrogens is 264 g/mol. The number of hydrogen-bond acceptors (Lipinski definition) is 3. The minimum absolute atomic E-state index is 0.547. The first kappa shape index (κ1) is 12.9. The predicted octanol–water partition coefficient (Wildman–Crippen LogP) is 3.46. The normalized spacial score (nSPS) is 28.6. The standard InChI is InChI=1S/C14H21ClN2S/c1-2-17-7-3-4-10(9-17)16-12-5-6-13-11(12)8-14(15)18-13/h8,10,12,16H,2-7,9H2,1H3. The van der Waals surface area contributed by atoms with E-state index in [1.807, 2.05) is 0 Å².